The maximum atomic E-state index is 2.50. The first-order chi connectivity index (χ1) is 5.13. The number of hydrogen-bond donors (Lipinski definition) is 0. The quantitative estimate of drug-likeness (QED) is 0.577. The van der Waals surface area contributed by atoms with Crippen molar-refractivity contribution in [1.29, 1.82) is 0 Å². The summed E-state index contributed by atoms with van der Waals surface area (Å²) < 4.78 is 2.50. The van der Waals surface area contributed by atoms with E-state index in [9.17, 15) is 0 Å². The Kier molecular flexibility index (Phi) is 5.87. The van der Waals surface area contributed by atoms with Crippen LogP contribution in [0.2, 0.25) is 11.6 Å². The van der Waals surface area contributed by atoms with E-state index in [4.69, 9.17) is 0 Å². The number of rotatable bonds is 5. The molecule has 0 fully saturated rings. The Morgan fingerprint density at radius 2 is 1.82 bits per heavy atom. The maximum Gasteiger partial charge on any atom is 0.114 e. The van der Waals surface area contributed by atoms with Crippen molar-refractivity contribution in [2.45, 2.75) is 45.2 Å². The Morgan fingerprint density at radius 1 is 1.27 bits per heavy atom. The van der Waals surface area contributed by atoms with Gasteiger partial charge in [0.2, 0.25) is 0 Å². The minimum Gasteiger partial charge on any atom is -0.331 e. The highest BCUT2D eigenvalue weighted by molar-refractivity contribution is 6.57. The van der Waals surface area contributed by atoms with Crippen molar-refractivity contribution < 1.29 is 0 Å². The maximum absolute atomic E-state index is 2.50. The summed E-state index contributed by atoms with van der Waals surface area (Å²) in [6.45, 7) is 7.02. The zero-order chi connectivity index (χ0) is 8.85. The lowest BCUT2D eigenvalue weighted by molar-refractivity contribution is 0.601. The molecule has 0 aromatic rings. The van der Waals surface area contributed by atoms with Gasteiger partial charge in [-0.3, -0.25) is 0 Å². The highest BCUT2D eigenvalue weighted by Gasteiger charge is 2.18. The summed E-state index contributed by atoms with van der Waals surface area (Å²) >= 11 is 0. The average Bonchev–Trinajstić information content (AvgIpc) is 1.98. The van der Waals surface area contributed by atoms with Crippen LogP contribution in [-0.2, 0) is 0 Å². The van der Waals surface area contributed by atoms with E-state index in [-0.39, 0.29) is 0 Å². The van der Waals surface area contributed by atoms with Crippen LogP contribution in [0.5, 0.6) is 0 Å². The third kappa shape index (κ3) is 3.92. The molecule has 0 bridgehead atoms. The predicted molar refractivity (Wildman–Crippen MR) is 55.6 cm³/mol. The Hall–Kier alpha value is 0.177. The van der Waals surface area contributed by atoms with Crippen LogP contribution in [0.1, 0.15) is 33.6 Å². The van der Waals surface area contributed by atoms with Gasteiger partial charge in [-0.15, -0.1) is 0 Å². The van der Waals surface area contributed by atoms with E-state index in [1.165, 1.54) is 18.9 Å². The summed E-state index contributed by atoms with van der Waals surface area (Å²) in [5.41, 5.74) is 0.977. The predicted octanol–water partition coefficient (Wildman–Crippen LogP) is 2.48. The molecule has 0 radical (unpaired) electrons. The zero-order valence-corrected chi connectivity index (χ0v) is 9.88. The normalized spacial score (nSPS) is 16.9. The summed E-state index contributed by atoms with van der Waals surface area (Å²) in [5.74, 6) is 0. The van der Waals surface area contributed by atoms with Crippen molar-refractivity contribution in [2.24, 2.45) is 0 Å². The first-order valence-corrected chi connectivity index (χ1v) is 6.79. The van der Waals surface area contributed by atoms with Crippen molar-refractivity contribution in [3.63, 3.8) is 0 Å². The van der Waals surface area contributed by atoms with Crippen LogP contribution in [0, 0.1) is 0 Å². The second kappa shape index (κ2) is 5.78. The molecule has 0 aromatic carbocycles. The fraction of sp³-hybridized carbons (Fsp3) is 1.00. The molecule has 1 nitrogen and oxygen atoms in total. The summed E-state index contributed by atoms with van der Waals surface area (Å²) in [5, 5.41) is 0. The molecule has 11 heavy (non-hydrogen) atoms. The van der Waals surface area contributed by atoms with E-state index < -0.39 is 8.96 Å². The van der Waals surface area contributed by atoms with Crippen molar-refractivity contribution in [2.75, 3.05) is 14.1 Å². The van der Waals surface area contributed by atoms with Crippen LogP contribution >= 0.6 is 0 Å². The van der Waals surface area contributed by atoms with Gasteiger partial charge in [0.25, 0.3) is 0 Å². The van der Waals surface area contributed by atoms with Gasteiger partial charge in [-0.2, -0.15) is 0 Å². The molecule has 0 spiro atoms. The van der Waals surface area contributed by atoms with Gasteiger partial charge < -0.3 is 4.57 Å². The van der Waals surface area contributed by atoms with Crippen LogP contribution in [-0.4, -0.2) is 27.6 Å². The Bertz CT molecular complexity index is 93.6. The molecule has 2 atom stereocenters. The summed E-state index contributed by atoms with van der Waals surface area (Å²) in [7, 11) is 3.93. The number of nitrogens with zero attached hydrogens (tertiary/aromatic N) is 1. The zero-order valence-electron chi connectivity index (χ0n) is 8.72. The Morgan fingerprint density at radius 3 is 2.09 bits per heavy atom. The van der Waals surface area contributed by atoms with Gasteiger partial charge in [-0.05, 0) is 25.7 Å². The minimum atomic E-state index is -0.568. The van der Waals surface area contributed by atoms with E-state index in [2.05, 4.69) is 39.4 Å². The van der Waals surface area contributed by atoms with Gasteiger partial charge in [0.15, 0.2) is 0 Å². The van der Waals surface area contributed by atoms with Crippen molar-refractivity contribution in [1.82, 2.24) is 4.57 Å². The van der Waals surface area contributed by atoms with Crippen LogP contribution < -0.4 is 0 Å². The molecule has 0 heterocycles. The highest BCUT2D eigenvalue weighted by atomic mass is 28.3. The Balaban J connectivity index is 3.87. The molecular formula is C9H23NSi. The van der Waals surface area contributed by atoms with Crippen molar-refractivity contribution in [3.05, 3.63) is 0 Å². The van der Waals surface area contributed by atoms with Crippen molar-refractivity contribution in [3.8, 4) is 0 Å². The molecule has 0 aromatic heterocycles. The molecule has 0 aliphatic carbocycles. The van der Waals surface area contributed by atoms with Gasteiger partial charge in [0.05, 0.1) is 0 Å². The lowest BCUT2D eigenvalue weighted by Crippen LogP contribution is -2.35. The van der Waals surface area contributed by atoms with E-state index in [0.717, 1.165) is 5.54 Å². The van der Waals surface area contributed by atoms with Crippen LogP contribution in [0.3, 0.4) is 0 Å². The molecule has 0 N–H and O–H groups in total. The first kappa shape index (κ1) is 11.2. The first-order valence-electron chi connectivity index (χ1n) is 4.79. The lowest BCUT2D eigenvalue weighted by atomic mass is 10.4. The monoisotopic (exact) mass is 173 g/mol. The van der Waals surface area contributed by atoms with Gasteiger partial charge in [-0.1, -0.05) is 33.6 Å². The minimum absolute atomic E-state index is 0.568. The van der Waals surface area contributed by atoms with Gasteiger partial charge in [-0.25, -0.2) is 0 Å². The van der Waals surface area contributed by atoms with E-state index in [1.807, 2.05) is 0 Å². The summed E-state index contributed by atoms with van der Waals surface area (Å²) in [4.78, 5) is 0. The molecule has 0 rings (SSSR count). The standard InChI is InChI=1S/C9H23NSi/c1-6-8-11(10(4)5)9(3)7-2/h9,11H,6-8H2,1-5H3. The molecule has 0 amide bonds. The fourth-order valence-corrected chi connectivity index (χ4v) is 4.86. The second-order valence-electron chi connectivity index (χ2n) is 3.71. The number of hydrogen-bond acceptors (Lipinski definition) is 1. The summed E-state index contributed by atoms with van der Waals surface area (Å²) in [6.07, 6.45) is 2.72. The molecule has 0 saturated carbocycles. The smallest absolute Gasteiger partial charge is 0.114 e. The molecule has 0 aliphatic heterocycles. The van der Waals surface area contributed by atoms with E-state index >= 15 is 0 Å². The third-order valence-electron chi connectivity index (χ3n) is 2.55. The average molecular weight is 173 g/mol. The fourth-order valence-electron chi connectivity index (χ4n) is 1.62. The Labute approximate surface area is 73.5 Å². The molecule has 0 saturated heterocycles. The SMILES string of the molecule is CCC[SiH](C(C)CC)N(C)C. The van der Waals surface area contributed by atoms with Gasteiger partial charge in [0, 0.05) is 0 Å². The lowest BCUT2D eigenvalue weighted by Gasteiger charge is -2.27. The van der Waals surface area contributed by atoms with Crippen LogP contribution in [0.25, 0.3) is 0 Å². The molecule has 2 unspecified atom stereocenters. The third-order valence-corrected chi connectivity index (χ3v) is 6.83. The van der Waals surface area contributed by atoms with Crippen LogP contribution in [0.4, 0.5) is 0 Å². The largest absolute Gasteiger partial charge is 0.331 e. The molecule has 68 valence electrons. The molecule has 0 aliphatic rings. The van der Waals surface area contributed by atoms with Crippen molar-refractivity contribution >= 4 is 8.96 Å². The topological polar surface area (TPSA) is 3.24 Å². The molecular weight excluding hydrogens is 150 g/mol. The summed E-state index contributed by atoms with van der Waals surface area (Å²) in [6, 6.07) is 1.47. The highest BCUT2D eigenvalue weighted by Crippen LogP contribution is 2.19. The van der Waals surface area contributed by atoms with Gasteiger partial charge in [0.1, 0.15) is 8.96 Å². The van der Waals surface area contributed by atoms with Gasteiger partial charge >= 0.3 is 0 Å². The molecule has 2 heteroatoms. The van der Waals surface area contributed by atoms with E-state index in [0.29, 0.717) is 0 Å². The second-order valence-corrected chi connectivity index (χ2v) is 7.59. The van der Waals surface area contributed by atoms with Crippen LogP contribution in [0.15, 0.2) is 0 Å². The van der Waals surface area contributed by atoms with E-state index in [1.54, 1.807) is 0 Å².